The molecule has 2 rings (SSSR count). The third-order valence-corrected chi connectivity index (χ3v) is 3.45. The number of amides is 2. The summed E-state index contributed by atoms with van der Waals surface area (Å²) in [4.78, 5) is 37.2. The van der Waals surface area contributed by atoms with E-state index in [-0.39, 0.29) is 12.5 Å². The van der Waals surface area contributed by atoms with Gasteiger partial charge in [0.25, 0.3) is 5.91 Å². The molecule has 7 heteroatoms. The molecule has 2 amide bonds. The van der Waals surface area contributed by atoms with Gasteiger partial charge in [0.1, 0.15) is 5.75 Å². The molecule has 22 heavy (non-hydrogen) atoms. The second kappa shape index (κ2) is 7.44. The summed E-state index contributed by atoms with van der Waals surface area (Å²) in [5.74, 6) is -0.0363. The van der Waals surface area contributed by atoms with Crippen LogP contribution in [0, 0.1) is 0 Å². The fourth-order valence-electron chi connectivity index (χ4n) is 2.12. The van der Waals surface area contributed by atoms with Gasteiger partial charge in [-0.25, -0.2) is 4.79 Å². The van der Waals surface area contributed by atoms with E-state index >= 15 is 0 Å². The fourth-order valence-corrected chi connectivity index (χ4v) is 2.12. The number of piperazine rings is 1. The van der Waals surface area contributed by atoms with Crippen LogP contribution in [0.4, 0.5) is 0 Å². The van der Waals surface area contributed by atoms with E-state index in [1.54, 1.807) is 34.1 Å². The van der Waals surface area contributed by atoms with Crippen molar-refractivity contribution < 1.29 is 23.9 Å². The van der Waals surface area contributed by atoms with Gasteiger partial charge in [-0.3, -0.25) is 9.59 Å². The zero-order valence-electron chi connectivity index (χ0n) is 12.4. The minimum atomic E-state index is -0.421. The molecule has 0 bridgehead atoms. The first-order chi connectivity index (χ1) is 10.6. The minimum absolute atomic E-state index is 0.0708. The number of ether oxygens (including phenoxy) is 2. The van der Waals surface area contributed by atoms with Crippen LogP contribution in [0.1, 0.15) is 10.4 Å². The number of nitrogens with zero attached hydrogens (tertiary/aromatic N) is 2. The molecule has 0 saturated carbocycles. The predicted molar refractivity (Wildman–Crippen MR) is 77.5 cm³/mol. The number of methoxy groups -OCH3 is 1. The average molecular weight is 306 g/mol. The molecule has 1 aromatic carbocycles. The largest absolute Gasteiger partial charge is 0.484 e. The van der Waals surface area contributed by atoms with Crippen molar-refractivity contribution in [3.05, 3.63) is 29.8 Å². The van der Waals surface area contributed by atoms with Gasteiger partial charge >= 0.3 is 5.97 Å². The zero-order valence-corrected chi connectivity index (χ0v) is 12.4. The highest BCUT2D eigenvalue weighted by Gasteiger charge is 2.20. The maximum atomic E-state index is 12.0. The van der Waals surface area contributed by atoms with Crippen LogP contribution >= 0.6 is 0 Å². The Kier molecular flexibility index (Phi) is 5.35. The van der Waals surface area contributed by atoms with Gasteiger partial charge in [-0.15, -0.1) is 0 Å². The number of rotatable bonds is 5. The maximum absolute atomic E-state index is 12.0. The highest BCUT2D eigenvalue weighted by Crippen LogP contribution is 2.13. The molecule has 7 nitrogen and oxygen atoms in total. The van der Waals surface area contributed by atoms with Gasteiger partial charge in [-0.05, 0) is 24.3 Å². The Bertz CT molecular complexity index is 535. The summed E-state index contributed by atoms with van der Waals surface area (Å²) in [6.45, 7) is 2.05. The molecule has 1 aliphatic heterocycles. The molecule has 1 aromatic rings. The zero-order chi connectivity index (χ0) is 15.9. The van der Waals surface area contributed by atoms with E-state index in [9.17, 15) is 14.4 Å². The predicted octanol–water partition coefficient (Wildman–Crippen LogP) is 0.153. The van der Waals surface area contributed by atoms with Crippen molar-refractivity contribution in [2.24, 2.45) is 0 Å². The van der Waals surface area contributed by atoms with E-state index in [1.165, 1.54) is 7.11 Å². The Morgan fingerprint density at radius 3 is 2.32 bits per heavy atom. The minimum Gasteiger partial charge on any atom is -0.484 e. The normalized spacial score (nSPS) is 14.4. The lowest BCUT2D eigenvalue weighted by molar-refractivity contribution is -0.137. The van der Waals surface area contributed by atoms with Crippen molar-refractivity contribution in [3.63, 3.8) is 0 Å². The topological polar surface area (TPSA) is 76.2 Å². The number of carbonyl (C=O) groups excluding carboxylic acids is 3. The number of hydrogen-bond donors (Lipinski definition) is 0. The molecule has 118 valence electrons. The number of carbonyl (C=O) groups is 3. The summed E-state index contributed by atoms with van der Waals surface area (Å²) >= 11 is 0. The average Bonchev–Trinajstić information content (AvgIpc) is 2.59. The Labute approximate surface area is 128 Å². The second-order valence-electron chi connectivity index (χ2n) is 4.83. The quantitative estimate of drug-likeness (QED) is 0.572. The van der Waals surface area contributed by atoms with Crippen LogP contribution in [0.15, 0.2) is 24.3 Å². The van der Waals surface area contributed by atoms with Crippen LogP contribution in [0.3, 0.4) is 0 Å². The van der Waals surface area contributed by atoms with Gasteiger partial charge in [0.15, 0.2) is 6.61 Å². The molecular weight excluding hydrogens is 288 g/mol. The van der Waals surface area contributed by atoms with Crippen LogP contribution in [-0.2, 0) is 14.3 Å². The molecule has 0 unspecified atom stereocenters. The number of benzene rings is 1. The lowest BCUT2D eigenvalue weighted by Gasteiger charge is -2.32. The maximum Gasteiger partial charge on any atom is 0.337 e. The molecule has 1 heterocycles. The highest BCUT2D eigenvalue weighted by molar-refractivity contribution is 5.89. The molecule has 0 N–H and O–H groups in total. The van der Waals surface area contributed by atoms with E-state index in [4.69, 9.17) is 4.74 Å². The molecule has 1 saturated heterocycles. The standard InChI is InChI=1S/C15H18N2O5/c1-21-15(20)12-2-4-13(5-3-12)22-10-14(19)17-8-6-16(11-18)7-9-17/h2-5,11H,6-10H2,1H3. The van der Waals surface area contributed by atoms with E-state index in [0.717, 1.165) is 6.41 Å². The Balaban J connectivity index is 1.81. The first-order valence-electron chi connectivity index (χ1n) is 6.92. The molecular formula is C15H18N2O5. The van der Waals surface area contributed by atoms with Gasteiger partial charge in [0, 0.05) is 26.2 Å². The number of hydrogen-bond acceptors (Lipinski definition) is 5. The van der Waals surface area contributed by atoms with Crippen LogP contribution in [0.5, 0.6) is 5.75 Å². The number of esters is 1. The molecule has 0 aromatic heterocycles. The van der Waals surface area contributed by atoms with Crippen molar-refractivity contribution in [2.75, 3.05) is 39.9 Å². The van der Waals surface area contributed by atoms with Crippen molar-refractivity contribution in [3.8, 4) is 5.75 Å². The van der Waals surface area contributed by atoms with E-state index in [0.29, 0.717) is 37.5 Å². The summed E-state index contributed by atoms with van der Waals surface area (Å²) in [5.41, 5.74) is 0.422. The van der Waals surface area contributed by atoms with Crippen molar-refractivity contribution >= 4 is 18.3 Å². The fraction of sp³-hybridized carbons (Fsp3) is 0.400. The molecule has 0 radical (unpaired) electrons. The summed E-state index contributed by atoms with van der Waals surface area (Å²) in [5, 5.41) is 0. The van der Waals surface area contributed by atoms with E-state index < -0.39 is 5.97 Å². The van der Waals surface area contributed by atoms with E-state index in [1.807, 2.05) is 0 Å². The van der Waals surface area contributed by atoms with Crippen LogP contribution in [0.25, 0.3) is 0 Å². The monoisotopic (exact) mass is 306 g/mol. The van der Waals surface area contributed by atoms with Gasteiger partial charge < -0.3 is 19.3 Å². The third-order valence-electron chi connectivity index (χ3n) is 3.45. The first-order valence-corrected chi connectivity index (χ1v) is 6.92. The van der Waals surface area contributed by atoms with Crippen molar-refractivity contribution in [1.82, 2.24) is 9.80 Å². The molecule has 1 aliphatic rings. The Morgan fingerprint density at radius 2 is 1.77 bits per heavy atom. The Hall–Kier alpha value is -2.57. The SMILES string of the molecule is COC(=O)c1ccc(OCC(=O)N2CCN(C=O)CC2)cc1. The molecule has 0 spiro atoms. The summed E-state index contributed by atoms with van der Waals surface area (Å²) in [7, 11) is 1.32. The smallest absolute Gasteiger partial charge is 0.337 e. The summed E-state index contributed by atoms with van der Waals surface area (Å²) in [6, 6.07) is 6.39. The van der Waals surface area contributed by atoms with Crippen LogP contribution in [-0.4, -0.2) is 68.0 Å². The van der Waals surface area contributed by atoms with Gasteiger partial charge in [-0.1, -0.05) is 0 Å². The van der Waals surface area contributed by atoms with Gasteiger partial charge in [0.2, 0.25) is 6.41 Å². The van der Waals surface area contributed by atoms with Crippen molar-refractivity contribution in [1.29, 1.82) is 0 Å². The molecule has 0 atom stereocenters. The Morgan fingerprint density at radius 1 is 1.14 bits per heavy atom. The lowest BCUT2D eigenvalue weighted by Crippen LogP contribution is -2.49. The lowest BCUT2D eigenvalue weighted by atomic mass is 10.2. The molecule has 0 aliphatic carbocycles. The highest BCUT2D eigenvalue weighted by atomic mass is 16.5. The van der Waals surface area contributed by atoms with Crippen molar-refractivity contribution in [2.45, 2.75) is 0 Å². The van der Waals surface area contributed by atoms with Gasteiger partial charge in [0.05, 0.1) is 12.7 Å². The van der Waals surface area contributed by atoms with Gasteiger partial charge in [-0.2, -0.15) is 0 Å². The second-order valence-corrected chi connectivity index (χ2v) is 4.83. The third kappa shape index (κ3) is 3.97. The summed E-state index contributed by atoms with van der Waals surface area (Å²) in [6.07, 6.45) is 0.793. The van der Waals surface area contributed by atoms with Crippen LogP contribution in [0.2, 0.25) is 0 Å². The first kappa shape index (κ1) is 15.8. The van der Waals surface area contributed by atoms with Crippen LogP contribution < -0.4 is 4.74 Å². The molecule has 1 fully saturated rings. The van der Waals surface area contributed by atoms with E-state index in [2.05, 4.69) is 4.74 Å². The summed E-state index contributed by atoms with van der Waals surface area (Å²) < 4.78 is 10.0.